The summed E-state index contributed by atoms with van der Waals surface area (Å²) in [5.41, 5.74) is 2.53. The lowest BCUT2D eigenvalue weighted by atomic mass is 9.96. The van der Waals surface area contributed by atoms with E-state index in [1.54, 1.807) is 11.3 Å². The van der Waals surface area contributed by atoms with Crippen molar-refractivity contribution < 1.29 is 9.84 Å². The van der Waals surface area contributed by atoms with E-state index in [9.17, 15) is 5.11 Å². The molecule has 2 aromatic rings. The summed E-state index contributed by atoms with van der Waals surface area (Å²) in [4.78, 5) is 0. The molecular formula is C18H23NO2S. The molecular weight excluding hydrogens is 294 g/mol. The van der Waals surface area contributed by atoms with Crippen LogP contribution in [0.15, 0.2) is 35.0 Å². The lowest BCUT2D eigenvalue weighted by molar-refractivity contribution is 0.0538. The maximum atomic E-state index is 10.7. The molecule has 0 bridgehead atoms. The van der Waals surface area contributed by atoms with Crippen LogP contribution in [-0.4, -0.2) is 18.3 Å². The summed E-state index contributed by atoms with van der Waals surface area (Å²) in [6.07, 6.45) is 2.04. The third kappa shape index (κ3) is 3.35. The van der Waals surface area contributed by atoms with Crippen LogP contribution in [0.1, 0.15) is 42.5 Å². The van der Waals surface area contributed by atoms with E-state index in [-0.39, 0.29) is 6.04 Å². The highest BCUT2D eigenvalue weighted by Crippen LogP contribution is 2.33. The smallest absolute Gasteiger partial charge is 0.124 e. The lowest BCUT2D eigenvalue weighted by Crippen LogP contribution is -2.37. The van der Waals surface area contributed by atoms with Crippen molar-refractivity contribution in [1.82, 2.24) is 5.32 Å². The molecule has 0 fully saturated rings. The van der Waals surface area contributed by atoms with Gasteiger partial charge in [0.05, 0.1) is 6.61 Å². The van der Waals surface area contributed by atoms with Gasteiger partial charge in [0.1, 0.15) is 11.4 Å². The fourth-order valence-electron chi connectivity index (χ4n) is 2.89. The Kier molecular flexibility index (Phi) is 4.52. The number of thiophene rings is 1. The van der Waals surface area contributed by atoms with Crippen molar-refractivity contribution in [2.24, 2.45) is 0 Å². The molecule has 2 atom stereocenters. The monoisotopic (exact) mass is 317 g/mol. The van der Waals surface area contributed by atoms with Crippen molar-refractivity contribution in [2.45, 2.75) is 38.3 Å². The van der Waals surface area contributed by atoms with E-state index in [1.165, 1.54) is 11.1 Å². The molecule has 3 nitrogen and oxygen atoms in total. The summed E-state index contributed by atoms with van der Waals surface area (Å²) >= 11 is 1.61. The van der Waals surface area contributed by atoms with Gasteiger partial charge in [-0.25, -0.2) is 0 Å². The van der Waals surface area contributed by atoms with Crippen LogP contribution in [0.4, 0.5) is 0 Å². The first-order valence-electron chi connectivity index (χ1n) is 7.78. The summed E-state index contributed by atoms with van der Waals surface area (Å²) in [6.45, 7) is 5.24. The van der Waals surface area contributed by atoms with Gasteiger partial charge in [-0.3, -0.25) is 0 Å². The van der Waals surface area contributed by atoms with Crippen LogP contribution in [0.2, 0.25) is 0 Å². The number of nitrogens with one attached hydrogen (secondary N) is 1. The zero-order valence-corrected chi connectivity index (χ0v) is 14.0. The Bertz CT molecular complexity index is 622. The first kappa shape index (κ1) is 15.5. The van der Waals surface area contributed by atoms with E-state index >= 15 is 0 Å². The number of benzene rings is 1. The first-order valence-corrected chi connectivity index (χ1v) is 8.72. The lowest BCUT2D eigenvalue weighted by Gasteiger charge is -2.27. The van der Waals surface area contributed by atoms with Gasteiger partial charge in [-0.05, 0) is 60.7 Å². The predicted octanol–water partition coefficient (Wildman–Crippen LogP) is 3.77. The minimum atomic E-state index is -0.849. The molecule has 22 heavy (non-hydrogen) atoms. The SMILES string of the molecule is Cc1ccc2c(c1)OCCCC2NCC(C)(O)c1ccsc1. The number of hydrogen-bond donors (Lipinski definition) is 2. The van der Waals surface area contributed by atoms with Crippen molar-refractivity contribution in [3.8, 4) is 5.75 Å². The molecule has 3 rings (SSSR count). The normalized spacial score (nSPS) is 20.6. The first-order chi connectivity index (χ1) is 10.6. The number of ether oxygens (including phenoxy) is 1. The Morgan fingerprint density at radius 1 is 1.41 bits per heavy atom. The topological polar surface area (TPSA) is 41.5 Å². The zero-order chi connectivity index (χ0) is 15.6. The fourth-order valence-corrected chi connectivity index (χ4v) is 3.67. The Morgan fingerprint density at radius 2 is 2.27 bits per heavy atom. The van der Waals surface area contributed by atoms with Crippen LogP contribution in [0.25, 0.3) is 0 Å². The van der Waals surface area contributed by atoms with Gasteiger partial charge in [0.25, 0.3) is 0 Å². The van der Waals surface area contributed by atoms with E-state index in [4.69, 9.17) is 4.74 Å². The molecule has 2 N–H and O–H groups in total. The number of rotatable bonds is 4. The second kappa shape index (κ2) is 6.41. The number of aryl methyl sites for hydroxylation is 1. The zero-order valence-electron chi connectivity index (χ0n) is 13.1. The quantitative estimate of drug-likeness (QED) is 0.902. The summed E-state index contributed by atoms with van der Waals surface area (Å²) in [5.74, 6) is 0.977. The molecule has 0 radical (unpaired) electrons. The molecule has 2 heterocycles. The maximum Gasteiger partial charge on any atom is 0.124 e. The van der Waals surface area contributed by atoms with Gasteiger partial charge in [0.2, 0.25) is 0 Å². The summed E-state index contributed by atoms with van der Waals surface area (Å²) in [7, 11) is 0. The second-order valence-corrected chi connectivity index (χ2v) is 7.03. The van der Waals surface area contributed by atoms with E-state index in [0.29, 0.717) is 6.54 Å². The molecule has 0 aliphatic carbocycles. The van der Waals surface area contributed by atoms with Crippen LogP contribution in [-0.2, 0) is 5.60 Å². The number of aliphatic hydroxyl groups is 1. The van der Waals surface area contributed by atoms with Gasteiger partial charge in [0.15, 0.2) is 0 Å². The summed E-state index contributed by atoms with van der Waals surface area (Å²) in [6, 6.07) is 8.58. The van der Waals surface area contributed by atoms with Gasteiger partial charge in [0, 0.05) is 18.2 Å². The third-order valence-corrected chi connectivity index (χ3v) is 4.96. The van der Waals surface area contributed by atoms with Crippen molar-refractivity contribution in [3.05, 3.63) is 51.7 Å². The number of hydrogen-bond acceptors (Lipinski definition) is 4. The molecule has 4 heteroatoms. The van der Waals surface area contributed by atoms with Crippen molar-refractivity contribution in [1.29, 1.82) is 0 Å². The van der Waals surface area contributed by atoms with E-state index in [2.05, 4.69) is 30.4 Å². The maximum absolute atomic E-state index is 10.7. The Balaban J connectivity index is 1.75. The highest BCUT2D eigenvalue weighted by atomic mass is 32.1. The molecule has 1 aromatic carbocycles. The van der Waals surface area contributed by atoms with Crippen molar-refractivity contribution in [2.75, 3.05) is 13.2 Å². The molecule has 118 valence electrons. The third-order valence-electron chi connectivity index (χ3n) is 4.27. The van der Waals surface area contributed by atoms with Gasteiger partial charge in [-0.2, -0.15) is 11.3 Å². The van der Waals surface area contributed by atoms with Crippen LogP contribution in [0.3, 0.4) is 0 Å². The minimum Gasteiger partial charge on any atom is -0.493 e. The highest BCUT2D eigenvalue weighted by molar-refractivity contribution is 7.08. The highest BCUT2D eigenvalue weighted by Gasteiger charge is 2.26. The van der Waals surface area contributed by atoms with Crippen LogP contribution in [0.5, 0.6) is 5.75 Å². The second-order valence-electron chi connectivity index (χ2n) is 6.25. The molecule has 0 saturated carbocycles. The molecule has 2 unspecified atom stereocenters. The molecule has 0 amide bonds. The van der Waals surface area contributed by atoms with Gasteiger partial charge in [-0.15, -0.1) is 0 Å². The van der Waals surface area contributed by atoms with Crippen molar-refractivity contribution >= 4 is 11.3 Å². The molecule has 0 saturated heterocycles. The molecule has 0 spiro atoms. The van der Waals surface area contributed by atoms with Gasteiger partial charge in [-0.1, -0.05) is 12.1 Å². The summed E-state index contributed by atoms with van der Waals surface area (Å²) < 4.78 is 5.86. The average molecular weight is 317 g/mol. The summed E-state index contributed by atoms with van der Waals surface area (Å²) in [5, 5.41) is 18.2. The van der Waals surface area contributed by atoms with Gasteiger partial charge < -0.3 is 15.2 Å². The van der Waals surface area contributed by atoms with Crippen LogP contribution < -0.4 is 10.1 Å². The largest absolute Gasteiger partial charge is 0.493 e. The van der Waals surface area contributed by atoms with E-state index < -0.39 is 5.60 Å². The fraction of sp³-hybridized carbons (Fsp3) is 0.444. The van der Waals surface area contributed by atoms with E-state index in [0.717, 1.165) is 30.8 Å². The van der Waals surface area contributed by atoms with Crippen LogP contribution in [0, 0.1) is 6.92 Å². The van der Waals surface area contributed by atoms with E-state index in [1.807, 2.05) is 23.8 Å². The van der Waals surface area contributed by atoms with Gasteiger partial charge >= 0.3 is 0 Å². The minimum absolute atomic E-state index is 0.225. The van der Waals surface area contributed by atoms with Crippen LogP contribution >= 0.6 is 11.3 Å². The Labute approximate surface area is 136 Å². The van der Waals surface area contributed by atoms with Crippen molar-refractivity contribution in [3.63, 3.8) is 0 Å². The number of fused-ring (bicyclic) bond motifs is 1. The molecule has 1 aliphatic rings. The Morgan fingerprint density at radius 3 is 3.05 bits per heavy atom. The Hall–Kier alpha value is -1.36. The average Bonchev–Trinajstić information content (AvgIpc) is 2.95. The molecule has 1 aliphatic heterocycles. The molecule has 1 aromatic heterocycles. The standard InChI is InChI=1S/C18H23NO2S/c1-13-5-6-15-16(4-3-8-21-17(15)10-13)19-12-18(2,20)14-7-9-22-11-14/h5-7,9-11,16,19-20H,3-4,8,12H2,1-2H3. The predicted molar refractivity (Wildman–Crippen MR) is 90.5 cm³/mol.